The highest BCUT2D eigenvalue weighted by Gasteiger charge is 2.15. The van der Waals surface area contributed by atoms with Gasteiger partial charge >= 0.3 is 0 Å². The molecule has 0 saturated carbocycles. The third-order valence-electron chi connectivity index (χ3n) is 2.26. The summed E-state index contributed by atoms with van der Waals surface area (Å²) in [5.41, 5.74) is 0.225. The van der Waals surface area contributed by atoms with Gasteiger partial charge in [-0.2, -0.15) is 10.5 Å². The Morgan fingerprint density at radius 3 is 2.83 bits per heavy atom. The molecule has 2 aromatic heterocycles. The van der Waals surface area contributed by atoms with Gasteiger partial charge < -0.3 is 4.74 Å². The maximum atomic E-state index is 9.07. The number of ether oxygens (including phenoxy) is 1. The number of hydrogen-bond acceptors (Lipinski definition) is 5. The minimum Gasteiger partial charge on any atom is -0.490 e. The van der Waals surface area contributed by atoms with Crippen LogP contribution in [-0.4, -0.2) is 21.1 Å². The minimum absolute atomic E-state index is 0.0746. The predicted octanol–water partition coefficient (Wildman–Crippen LogP) is 1.41. The summed E-state index contributed by atoms with van der Waals surface area (Å²) in [6.45, 7) is 2.34. The first-order valence-corrected chi connectivity index (χ1v) is 5.27. The summed E-state index contributed by atoms with van der Waals surface area (Å²) >= 11 is 0. The van der Waals surface area contributed by atoms with Crippen LogP contribution in [0.3, 0.4) is 0 Å². The lowest BCUT2D eigenvalue weighted by Gasteiger charge is -2.09. The molecule has 6 heteroatoms. The normalized spacial score (nSPS) is 9.50. The lowest BCUT2D eigenvalue weighted by Crippen LogP contribution is -2.04. The third kappa shape index (κ3) is 1.87. The fraction of sp³-hybridized carbons (Fsp3) is 0.167. The van der Waals surface area contributed by atoms with Crippen molar-refractivity contribution >= 4 is 0 Å². The first-order valence-electron chi connectivity index (χ1n) is 5.27. The zero-order valence-electron chi connectivity index (χ0n) is 9.66. The zero-order chi connectivity index (χ0) is 13.0. The largest absolute Gasteiger partial charge is 0.490 e. The van der Waals surface area contributed by atoms with E-state index in [-0.39, 0.29) is 11.4 Å². The van der Waals surface area contributed by atoms with Crippen LogP contribution in [0.2, 0.25) is 0 Å². The van der Waals surface area contributed by atoms with Crippen LogP contribution >= 0.6 is 0 Å². The second-order valence-electron chi connectivity index (χ2n) is 3.29. The molecule has 6 nitrogen and oxygen atoms in total. The van der Waals surface area contributed by atoms with E-state index in [9.17, 15) is 0 Å². The van der Waals surface area contributed by atoms with Gasteiger partial charge in [-0.15, -0.1) is 0 Å². The number of imidazole rings is 1. The van der Waals surface area contributed by atoms with Crippen LogP contribution in [0.15, 0.2) is 24.7 Å². The van der Waals surface area contributed by atoms with Crippen LogP contribution < -0.4 is 4.74 Å². The second-order valence-corrected chi connectivity index (χ2v) is 3.29. The summed E-state index contributed by atoms with van der Waals surface area (Å²) in [5, 5.41) is 17.9. The standard InChI is InChI=1S/C12H9N5O/c1-2-18-11-4-3-5-15-12(11)17-8-16-9(6-13)10(17)7-14/h3-5,8H,2H2,1H3. The van der Waals surface area contributed by atoms with Gasteiger partial charge in [0.1, 0.15) is 18.5 Å². The average molecular weight is 239 g/mol. The number of aromatic nitrogens is 3. The molecule has 2 rings (SSSR count). The Balaban J connectivity index is 2.60. The molecule has 0 aliphatic heterocycles. The topological polar surface area (TPSA) is 87.5 Å². The molecule has 0 spiro atoms. The van der Waals surface area contributed by atoms with Gasteiger partial charge in [0.15, 0.2) is 23.0 Å². The molecule has 0 aliphatic rings. The van der Waals surface area contributed by atoms with E-state index in [1.165, 1.54) is 10.9 Å². The van der Waals surface area contributed by atoms with Crippen molar-refractivity contribution in [3.8, 4) is 23.7 Å². The van der Waals surface area contributed by atoms with Crippen LogP contribution in [0.1, 0.15) is 18.3 Å². The van der Waals surface area contributed by atoms with Crippen LogP contribution in [0, 0.1) is 22.7 Å². The van der Waals surface area contributed by atoms with Gasteiger partial charge in [0, 0.05) is 6.20 Å². The molecule has 0 fully saturated rings. The Labute approximate surface area is 104 Å². The highest BCUT2D eigenvalue weighted by molar-refractivity contribution is 5.47. The van der Waals surface area contributed by atoms with Gasteiger partial charge in [-0.1, -0.05) is 0 Å². The fourth-order valence-corrected chi connectivity index (χ4v) is 1.53. The monoisotopic (exact) mass is 239 g/mol. The SMILES string of the molecule is CCOc1cccnc1-n1cnc(C#N)c1C#N. The molecular formula is C12H9N5O. The van der Waals surface area contributed by atoms with Gasteiger partial charge in [-0.25, -0.2) is 9.97 Å². The highest BCUT2D eigenvalue weighted by Crippen LogP contribution is 2.22. The van der Waals surface area contributed by atoms with Crippen molar-refractivity contribution in [3.05, 3.63) is 36.0 Å². The predicted molar refractivity (Wildman–Crippen MR) is 62.0 cm³/mol. The number of pyridine rings is 1. The van der Waals surface area contributed by atoms with Gasteiger partial charge in [0.25, 0.3) is 0 Å². The Hall–Kier alpha value is -2.86. The van der Waals surface area contributed by atoms with Gasteiger partial charge in [-0.05, 0) is 19.1 Å². The van der Waals surface area contributed by atoms with E-state index in [1.807, 2.05) is 19.1 Å². The van der Waals surface area contributed by atoms with Crippen LogP contribution in [0.5, 0.6) is 5.75 Å². The molecule has 0 atom stereocenters. The fourth-order valence-electron chi connectivity index (χ4n) is 1.53. The lowest BCUT2D eigenvalue weighted by atomic mass is 10.3. The van der Waals surface area contributed by atoms with Crippen LogP contribution in [-0.2, 0) is 0 Å². The van der Waals surface area contributed by atoms with Gasteiger partial charge in [0.05, 0.1) is 6.61 Å². The Bertz CT molecular complexity index is 647. The summed E-state index contributed by atoms with van der Waals surface area (Å²) < 4.78 is 6.88. The molecule has 18 heavy (non-hydrogen) atoms. The maximum absolute atomic E-state index is 9.07. The van der Waals surface area contributed by atoms with E-state index in [2.05, 4.69) is 9.97 Å². The smallest absolute Gasteiger partial charge is 0.181 e. The van der Waals surface area contributed by atoms with Crippen molar-refractivity contribution in [2.75, 3.05) is 6.61 Å². The highest BCUT2D eigenvalue weighted by atomic mass is 16.5. The molecule has 0 amide bonds. The summed E-state index contributed by atoms with van der Waals surface area (Å²) in [6.07, 6.45) is 2.98. The minimum atomic E-state index is 0.0746. The molecule has 0 saturated heterocycles. The Kier molecular flexibility index (Phi) is 3.22. The number of rotatable bonds is 3. The van der Waals surface area contributed by atoms with Crippen molar-refractivity contribution in [1.82, 2.24) is 14.5 Å². The van der Waals surface area contributed by atoms with Crippen molar-refractivity contribution < 1.29 is 4.74 Å². The zero-order valence-corrected chi connectivity index (χ0v) is 9.66. The van der Waals surface area contributed by atoms with E-state index < -0.39 is 0 Å². The van der Waals surface area contributed by atoms with E-state index in [1.54, 1.807) is 18.3 Å². The summed E-state index contributed by atoms with van der Waals surface area (Å²) in [4.78, 5) is 8.03. The molecular weight excluding hydrogens is 230 g/mol. The summed E-state index contributed by atoms with van der Waals surface area (Å²) in [7, 11) is 0. The molecule has 88 valence electrons. The van der Waals surface area contributed by atoms with E-state index in [0.717, 1.165) is 0 Å². The molecule has 2 aromatic rings. The molecule has 0 aromatic carbocycles. The lowest BCUT2D eigenvalue weighted by molar-refractivity contribution is 0.337. The van der Waals surface area contributed by atoms with Crippen molar-refractivity contribution in [1.29, 1.82) is 10.5 Å². The molecule has 0 N–H and O–H groups in total. The Morgan fingerprint density at radius 2 is 2.17 bits per heavy atom. The van der Waals surface area contributed by atoms with Crippen LogP contribution in [0.25, 0.3) is 5.82 Å². The first-order chi connectivity index (χ1) is 8.81. The van der Waals surface area contributed by atoms with Crippen LogP contribution in [0.4, 0.5) is 0 Å². The second kappa shape index (κ2) is 4.98. The summed E-state index contributed by atoms with van der Waals surface area (Å²) in [6, 6.07) is 7.30. The van der Waals surface area contributed by atoms with E-state index >= 15 is 0 Å². The van der Waals surface area contributed by atoms with E-state index in [0.29, 0.717) is 18.2 Å². The molecule has 0 aliphatic carbocycles. The molecule has 0 bridgehead atoms. The number of nitrogens with zero attached hydrogens (tertiary/aromatic N) is 5. The molecule has 0 radical (unpaired) electrons. The van der Waals surface area contributed by atoms with Crippen molar-refractivity contribution in [2.45, 2.75) is 6.92 Å². The Morgan fingerprint density at radius 1 is 1.33 bits per heavy atom. The first kappa shape index (κ1) is 11.6. The maximum Gasteiger partial charge on any atom is 0.181 e. The molecule has 0 unspecified atom stereocenters. The third-order valence-corrected chi connectivity index (χ3v) is 2.26. The molecule has 2 heterocycles. The van der Waals surface area contributed by atoms with E-state index in [4.69, 9.17) is 15.3 Å². The summed E-state index contributed by atoms with van der Waals surface area (Å²) in [5.74, 6) is 0.989. The van der Waals surface area contributed by atoms with Crippen molar-refractivity contribution in [2.24, 2.45) is 0 Å². The number of hydrogen-bond donors (Lipinski definition) is 0. The quantitative estimate of drug-likeness (QED) is 0.808. The number of nitriles is 2. The average Bonchev–Trinajstić information content (AvgIpc) is 2.82. The van der Waals surface area contributed by atoms with Gasteiger partial charge in [0.2, 0.25) is 0 Å². The van der Waals surface area contributed by atoms with Gasteiger partial charge in [-0.3, -0.25) is 4.57 Å². The van der Waals surface area contributed by atoms with Crippen molar-refractivity contribution in [3.63, 3.8) is 0 Å².